The zero-order valence-corrected chi connectivity index (χ0v) is 10.0. The van der Waals surface area contributed by atoms with Gasteiger partial charge in [0, 0.05) is 12.5 Å². The van der Waals surface area contributed by atoms with E-state index in [2.05, 4.69) is 37.4 Å². The number of aryl methyl sites for hydroxylation is 2. The van der Waals surface area contributed by atoms with Crippen molar-refractivity contribution in [2.75, 3.05) is 6.54 Å². The summed E-state index contributed by atoms with van der Waals surface area (Å²) < 4.78 is 0. The van der Waals surface area contributed by atoms with Gasteiger partial charge in [0.25, 0.3) is 0 Å². The van der Waals surface area contributed by atoms with Crippen LogP contribution in [0.5, 0.6) is 0 Å². The van der Waals surface area contributed by atoms with Crippen molar-refractivity contribution in [3.05, 3.63) is 34.9 Å². The van der Waals surface area contributed by atoms with Gasteiger partial charge in [-0.15, -0.1) is 0 Å². The summed E-state index contributed by atoms with van der Waals surface area (Å²) in [5.74, 6) is 0.559. The van der Waals surface area contributed by atoms with E-state index in [1.54, 1.807) is 0 Å². The van der Waals surface area contributed by atoms with Crippen molar-refractivity contribution < 1.29 is 4.79 Å². The molecule has 2 rings (SSSR count). The van der Waals surface area contributed by atoms with E-state index in [9.17, 15) is 4.79 Å². The van der Waals surface area contributed by atoms with Gasteiger partial charge in [-0.25, -0.2) is 0 Å². The van der Waals surface area contributed by atoms with E-state index < -0.39 is 0 Å². The highest BCUT2D eigenvalue weighted by Gasteiger charge is 2.28. The van der Waals surface area contributed by atoms with E-state index in [-0.39, 0.29) is 5.91 Å². The van der Waals surface area contributed by atoms with Gasteiger partial charge in [-0.1, -0.05) is 23.8 Å². The van der Waals surface area contributed by atoms with Crippen LogP contribution in [0.3, 0.4) is 0 Å². The highest BCUT2D eigenvalue weighted by Crippen LogP contribution is 2.28. The van der Waals surface area contributed by atoms with E-state index in [0.717, 1.165) is 25.8 Å². The number of rotatable bonds is 4. The highest BCUT2D eigenvalue weighted by molar-refractivity contribution is 5.80. The Kier molecular flexibility index (Phi) is 3.28. The van der Waals surface area contributed by atoms with Crippen LogP contribution in [0.25, 0.3) is 0 Å². The second kappa shape index (κ2) is 4.69. The maximum absolute atomic E-state index is 11.4. The van der Waals surface area contributed by atoms with Crippen molar-refractivity contribution in [2.24, 2.45) is 5.92 Å². The molecular weight excluding hydrogens is 198 g/mol. The maximum atomic E-state index is 11.4. The Balaban J connectivity index is 1.82. The molecule has 0 atom stereocenters. The average molecular weight is 217 g/mol. The Bertz CT molecular complexity index is 394. The molecule has 1 aliphatic rings. The average Bonchev–Trinajstić information content (AvgIpc) is 3.04. The third kappa shape index (κ3) is 2.84. The lowest BCUT2D eigenvalue weighted by molar-refractivity contribution is -0.122. The minimum Gasteiger partial charge on any atom is -0.356 e. The predicted molar refractivity (Wildman–Crippen MR) is 65.4 cm³/mol. The minimum absolute atomic E-state index is 0.241. The molecule has 1 aliphatic carbocycles. The molecule has 0 unspecified atom stereocenters. The topological polar surface area (TPSA) is 29.1 Å². The van der Waals surface area contributed by atoms with Gasteiger partial charge in [-0.3, -0.25) is 4.79 Å². The summed E-state index contributed by atoms with van der Waals surface area (Å²) in [6, 6.07) is 6.48. The standard InChI is InChI=1S/C14H19NO/c1-10-3-4-12(11(2)9-10)7-8-15-14(16)13-5-6-13/h3-4,9,13H,5-8H2,1-2H3,(H,15,16). The molecule has 1 aromatic rings. The Hall–Kier alpha value is -1.31. The monoisotopic (exact) mass is 217 g/mol. The second-order valence-electron chi connectivity index (χ2n) is 4.75. The van der Waals surface area contributed by atoms with Crippen LogP contribution in [-0.4, -0.2) is 12.5 Å². The lowest BCUT2D eigenvalue weighted by Gasteiger charge is -2.08. The van der Waals surface area contributed by atoms with Crippen molar-refractivity contribution in [2.45, 2.75) is 33.1 Å². The SMILES string of the molecule is Cc1ccc(CCNC(=O)C2CC2)c(C)c1. The van der Waals surface area contributed by atoms with Crippen LogP contribution in [0, 0.1) is 19.8 Å². The molecule has 0 bridgehead atoms. The summed E-state index contributed by atoms with van der Waals surface area (Å²) in [6.45, 7) is 5.00. The van der Waals surface area contributed by atoms with Gasteiger partial charge < -0.3 is 5.32 Å². The molecule has 2 heteroatoms. The van der Waals surface area contributed by atoms with Crippen molar-refractivity contribution in [1.29, 1.82) is 0 Å². The highest BCUT2D eigenvalue weighted by atomic mass is 16.2. The van der Waals surface area contributed by atoms with E-state index in [1.165, 1.54) is 16.7 Å². The zero-order chi connectivity index (χ0) is 11.5. The normalized spacial score (nSPS) is 14.9. The van der Waals surface area contributed by atoms with Crippen LogP contribution in [0.2, 0.25) is 0 Å². The largest absolute Gasteiger partial charge is 0.356 e. The quantitative estimate of drug-likeness (QED) is 0.824. The van der Waals surface area contributed by atoms with Crippen LogP contribution in [-0.2, 0) is 11.2 Å². The first-order chi connectivity index (χ1) is 7.66. The van der Waals surface area contributed by atoms with Crippen LogP contribution in [0.15, 0.2) is 18.2 Å². The summed E-state index contributed by atoms with van der Waals surface area (Å²) in [4.78, 5) is 11.4. The first-order valence-corrected chi connectivity index (χ1v) is 6.00. The van der Waals surface area contributed by atoms with Gasteiger partial charge in [0.2, 0.25) is 5.91 Å². The summed E-state index contributed by atoms with van der Waals surface area (Å²) in [5, 5.41) is 3.00. The second-order valence-corrected chi connectivity index (χ2v) is 4.75. The molecule has 0 saturated heterocycles. The Morgan fingerprint density at radius 1 is 1.38 bits per heavy atom. The number of carbonyl (C=O) groups excluding carboxylic acids is 1. The van der Waals surface area contributed by atoms with Gasteiger partial charge in [-0.05, 0) is 44.2 Å². The molecule has 0 spiro atoms. The molecule has 1 saturated carbocycles. The van der Waals surface area contributed by atoms with Gasteiger partial charge in [0.1, 0.15) is 0 Å². The molecule has 1 N–H and O–H groups in total. The first kappa shape index (κ1) is 11.2. The number of hydrogen-bond donors (Lipinski definition) is 1. The number of carbonyl (C=O) groups is 1. The van der Waals surface area contributed by atoms with Crippen molar-refractivity contribution in [1.82, 2.24) is 5.32 Å². The lowest BCUT2D eigenvalue weighted by atomic mass is 10.0. The Morgan fingerprint density at radius 3 is 2.75 bits per heavy atom. The van der Waals surface area contributed by atoms with Crippen LogP contribution in [0.1, 0.15) is 29.5 Å². The molecule has 16 heavy (non-hydrogen) atoms. The lowest BCUT2D eigenvalue weighted by Crippen LogP contribution is -2.27. The van der Waals surface area contributed by atoms with Gasteiger partial charge in [0.05, 0.1) is 0 Å². The predicted octanol–water partition coefficient (Wildman–Crippen LogP) is 2.37. The summed E-state index contributed by atoms with van der Waals surface area (Å²) >= 11 is 0. The minimum atomic E-state index is 0.241. The van der Waals surface area contributed by atoms with Gasteiger partial charge in [-0.2, -0.15) is 0 Å². The Morgan fingerprint density at radius 2 is 2.12 bits per heavy atom. The third-order valence-corrected chi connectivity index (χ3v) is 3.14. The van der Waals surface area contributed by atoms with Gasteiger partial charge in [0.15, 0.2) is 0 Å². The molecule has 1 amide bonds. The number of benzene rings is 1. The van der Waals surface area contributed by atoms with Gasteiger partial charge >= 0.3 is 0 Å². The summed E-state index contributed by atoms with van der Waals surface area (Å²) in [7, 11) is 0. The molecule has 0 radical (unpaired) electrons. The number of hydrogen-bond acceptors (Lipinski definition) is 1. The van der Waals surface area contributed by atoms with E-state index in [4.69, 9.17) is 0 Å². The number of amides is 1. The van der Waals surface area contributed by atoms with E-state index in [0.29, 0.717) is 5.92 Å². The van der Waals surface area contributed by atoms with Crippen molar-refractivity contribution in [3.63, 3.8) is 0 Å². The van der Waals surface area contributed by atoms with Crippen molar-refractivity contribution in [3.8, 4) is 0 Å². The summed E-state index contributed by atoms with van der Waals surface area (Å²) in [5.41, 5.74) is 3.95. The fourth-order valence-electron chi connectivity index (χ4n) is 1.94. The van der Waals surface area contributed by atoms with Crippen LogP contribution < -0.4 is 5.32 Å². The van der Waals surface area contributed by atoms with Crippen LogP contribution >= 0.6 is 0 Å². The van der Waals surface area contributed by atoms with E-state index >= 15 is 0 Å². The maximum Gasteiger partial charge on any atom is 0.223 e. The van der Waals surface area contributed by atoms with Crippen molar-refractivity contribution >= 4 is 5.91 Å². The molecule has 0 heterocycles. The van der Waals surface area contributed by atoms with Crippen LogP contribution in [0.4, 0.5) is 0 Å². The van der Waals surface area contributed by atoms with E-state index in [1.807, 2.05) is 0 Å². The summed E-state index contributed by atoms with van der Waals surface area (Å²) in [6.07, 6.45) is 3.09. The molecule has 86 valence electrons. The molecule has 1 fully saturated rings. The molecule has 0 aromatic heterocycles. The first-order valence-electron chi connectivity index (χ1n) is 6.00. The fourth-order valence-corrected chi connectivity index (χ4v) is 1.94. The zero-order valence-electron chi connectivity index (χ0n) is 10.0. The third-order valence-electron chi connectivity index (χ3n) is 3.14. The fraction of sp³-hybridized carbons (Fsp3) is 0.500. The molecule has 0 aliphatic heterocycles. The molecule has 1 aromatic carbocycles. The molecular formula is C14H19NO. The Labute approximate surface area is 97.1 Å². The molecule has 2 nitrogen and oxygen atoms in total. The number of nitrogens with one attached hydrogen (secondary N) is 1. The smallest absolute Gasteiger partial charge is 0.223 e.